The van der Waals surface area contributed by atoms with Crippen LogP contribution in [0.4, 0.5) is 16.2 Å². The van der Waals surface area contributed by atoms with Gasteiger partial charge in [-0.15, -0.1) is 0 Å². The second-order valence-corrected chi connectivity index (χ2v) is 7.09. The molecule has 9 nitrogen and oxygen atoms in total. The van der Waals surface area contributed by atoms with Gasteiger partial charge in [-0.3, -0.25) is 10.1 Å². The zero-order valence-corrected chi connectivity index (χ0v) is 16.6. The Morgan fingerprint density at radius 2 is 1.97 bits per heavy atom. The van der Waals surface area contributed by atoms with Crippen LogP contribution in [0.3, 0.4) is 0 Å². The van der Waals surface area contributed by atoms with Crippen LogP contribution < -0.4 is 15.1 Å². The molecule has 0 spiro atoms. The van der Waals surface area contributed by atoms with E-state index in [-0.39, 0.29) is 22.7 Å². The van der Waals surface area contributed by atoms with Crippen molar-refractivity contribution >= 4 is 40.4 Å². The zero-order chi connectivity index (χ0) is 21.1. The number of anilines is 1. The first-order valence-corrected chi connectivity index (χ1v) is 9.22. The van der Waals surface area contributed by atoms with Crippen molar-refractivity contribution < 1.29 is 18.9 Å². The first kappa shape index (κ1) is 20.2. The summed E-state index contributed by atoms with van der Waals surface area (Å²) in [6.07, 6.45) is -0.553. The maximum atomic E-state index is 12.4. The number of ether oxygens (including phenoxy) is 1. The summed E-state index contributed by atoms with van der Waals surface area (Å²) in [4.78, 5) is 36.4. The number of fused-ring (bicyclic) bond motifs is 1. The molecule has 0 aliphatic heterocycles. The lowest BCUT2D eigenvalue weighted by molar-refractivity contribution is -0.387. The van der Waals surface area contributed by atoms with E-state index >= 15 is 0 Å². The summed E-state index contributed by atoms with van der Waals surface area (Å²) in [5.74, 6) is 0.244. The normalized spacial score (nSPS) is 10.6. The number of nitro groups is 1. The molecule has 1 heterocycles. The van der Waals surface area contributed by atoms with Crippen LogP contribution in [0.2, 0.25) is 0 Å². The first-order chi connectivity index (χ1) is 13.8. The van der Waals surface area contributed by atoms with Gasteiger partial charge in [0.1, 0.15) is 21.9 Å². The average Bonchev–Trinajstić information content (AvgIpc) is 2.67. The lowest BCUT2D eigenvalue weighted by atomic mass is 10.1. The Balaban J connectivity index is 1.91. The van der Waals surface area contributed by atoms with E-state index in [0.717, 1.165) is 11.9 Å². The predicted octanol–water partition coefficient (Wildman–Crippen LogP) is 4.19. The Bertz CT molecular complexity index is 1160. The smallest absolute Gasteiger partial charge is 0.414 e. The fraction of sp³-hybridized carbons (Fsp3) is 0.158. The fourth-order valence-electron chi connectivity index (χ4n) is 2.51. The molecule has 0 aliphatic carbocycles. The minimum Gasteiger partial charge on any atom is -0.421 e. The van der Waals surface area contributed by atoms with E-state index in [0.29, 0.717) is 15.8 Å². The number of nitro benzene ring substituents is 1. The summed E-state index contributed by atoms with van der Waals surface area (Å²) in [7, 11) is 3.11. The van der Waals surface area contributed by atoms with E-state index in [9.17, 15) is 19.7 Å². The Labute approximate surface area is 169 Å². The number of nitrogens with zero attached hydrogens (tertiary/aromatic N) is 2. The highest BCUT2D eigenvalue weighted by Gasteiger charge is 2.17. The molecule has 0 bridgehead atoms. The first-order valence-electron chi connectivity index (χ1n) is 8.41. The summed E-state index contributed by atoms with van der Waals surface area (Å²) in [6.45, 7) is 1.73. The summed E-state index contributed by atoms with van der Waals surface area (Å²) in [5.41, 5.74) is 0.335. The van der Waals surface area contributed by atoms with Crippen molar-refractivity contribution in [3.05, 3.63) is 68.6 Å². The molecule has 0 saturated heterocycles. The van der Waals surface area contributed by atoms with Crippen molar-refractivity contribution in [1.82, 2.24) is 4.90 Å². The molecule has 0 fully saturated rings. The molecule has 150 valence electrons. The Kier molecular flexibility index (Phi) is 5.74. The van der Waals surface area contributed by atoms with Gasteiger partial charge in [0.2, 0.25) is 0 Å². The minimum absolute atomic E-state index is 0.0693. The molecule has 0 radical (unpaired) electrons. The van der Waals surface area contributed by atoms with E-state index in [4.69, 9.17) is 9.15 Å². The third-order valence-corrected chi connectivity index (χ3v) is 4.91. The number of nitrogens with one attached hydrogen (secondary N) is 1. The second-order valence-electron chi connectivity index (χ2n) is 6.24. The highest BCUT2D eigenvalue weighted by atomic mass is 32.2. The molecular formula is C19H17N3O6S. The standard InChI is InChI=1S/C19H17N3O6S/c1-11-13-9-8-12(27-19(24)21(2)3)10-15(13)28-18(23)17(11)20-29-16-7-5-4-6-14(16)22(25)26/h4-10,20H,1-3H3. The van der Waals surface area contributed by atoms with E-state index in [1.165, 1.54) is 17.0 Å². The molecule has 1 N–H and O–H groups in total. The van der Waals surface area contributed by atoms with E-state index in [1.807, 2.05) is 0 Å². The monoisotopic (exact) mass is 415 g/mol. The van der Waals surface area contributed by atoms with Crippen molar-refractivity contribution in [2.24, 2.45) is 0 Å². The fourth-order valence-corrected chi connectivity index (χ4v) is 3.35. The number of aryl methyl sites for hydroxylation is 1. The van der Waals surface area contributed by atoms with Crippen LogP contribution in [0.25, 0.3) is 11.0 Å². The molecule has 2 aromatic carbocycles. The Morgan fingerprint density at radius 1 is 1.24 bits per heavy atom. The number of benzene rings is 2. The number of carbonyl (C=O) groups is 1. The molecule has 10 heteroatoms. The molecule has 29 heavy (non-hydrogen) atoms. The van der Waals surface area contributed by atoms with E-state index < -0.39 is 16.6 Å². The number of carbonyl (C=O) groups excluding carboxylic acids is 1. The topological polar surface area (TPSA) is 115 Å². The van der Waals surface area contributed by atoms with Crippen LogP contribution in [0.5, 0.6) is 5.75 Å². The number of hydrogen-bond acceptors (Lipinski definition) is 8. The largest absolute Gasteiger partial charge is 0.421 e. The number of amides is 1. The van der Waals surface area contributed by atoms with Gasteiger partial charge in [0.15, 0.2) is 0 Å². The molecule has 3 aromatic rings. The Morgan fingerprint density at radius 3 is 2.66 bits per heavy atom. The highest BCUT2D eigenvalue weighted by molar-refractivity contribution is 8.00. The number of para-hydroxylation sites is 1. The van der Waals surface area contributed by atoms with Gasteiger partial charge in [0.25, 0.3) is 5.69 Å². The molecule has 0 atom stereocenters. The summed E-state index contributed by atoms with van der Waals surface area (Å²) in [6, 6.07) is 10.9. The van der Waals surface area contributed by atoms with Gasteiger partial charge < -0.3 is 18.8 Å². The van der Waals surface area contributed by atoms with Crippen LogP contribution in [0.1, 0.15) is 5.56 Å². The SMILES string of the molecule is Cc1c(NSc2ccccc2[N+](=O)[O-])c(=O)oc2cc(OC(=O)N(C)C)ccc12. The third-order valence-electron chi connectivity index (χ3n) is 4.03. The van der Waals surface area contributed by atoms with Crippen LogP contribution >= 0.6 is 11.9 Å². The maximum absolute atomic E-state index is 12.4. The van der Waals surface area contributed by atoms with Gasteiger partial charge >= 0.3 is 11.7 Å². The molecule has 1 aromatic heterocycles. The minimum atomic E-state index is -0.642. The van der Waals surface area contributed by atoms with E-state index in [2.05, 4.69) is 4.72 Å². The van der Waals surface area contributed by atoms with Crippen molar-refractivity contribution in [2.75, 3.05) is 18.8 Å². The van der Waals surface area contributed by atoms with Gasteiger partial charge in [-0.1, -0.05) is 12.1 Å². The second kappa shape index (κ2) is 8.23. The van der Waals surface area contributed by atoms with Crippen LogP contribution in [0, 0.1) is 17.0 Å². The van der Waals surface area contributed by atoms with Crippen molar-refractivity contribution in [3.8, 4) is 5.75 Å². The Hall–Kier alpha value is -3.53. The van der Waals surface area contributed by atoms with Crippen molar-refractivity contribution in [1.29, 1.82) is 0 Å². The third kappa shape index (κ3) is 4.32. The molecule has 1 amide bonds. The quantitative estimate of drug-likeness (QED) is 0.285. The summed E-state index contributed by atoms with van der Waals surface area (Å²) in [5, 5.41) is 11.8. The number of rotatable bonds is 5. The van der Waals surface area contributed by atoms with Gasteiger partial charge in [-0.25, -0.2) is 9.59 Å². The van der Waals surface area contributed by atoms with Gasteiger partial charge in [-0.2, -0.15) is 0 Å². The predicted molar refractivity (Wildman–Crippen MR) is 110 cm³/mol. The number of hydrogen-bond donors (Lipinski definition) is 1. The molecular weight excluding hydrogens is 398 g/mol. The van der Waals surface area contributed by atoms with Gasteiger partial charge in [-0.05, 0) is 42.6 Å². The summed E-state index contributed by atoms with van der Waals surface area (Å²) < 4.78 is 13.4. The highest BCUT2D eigenvalue weighted by Crippen LogP contribution is 2.32. The molecule has 3 rings (SSSR count). The van der Waals surface area contributed by atoms with Crippen LogP contribution in [-0.2, 0) is 0 Å². The zero-order valence-electron chi connectivity index (χ0n) is 15.8. The molecule has 0 aliphatic rings. The van der Waals surface area contributed by atoms with Crippen molar-refractivity contribution in [2.45, 2.75) is 11.8 Å². The lowest BCUT2D eigenvalue weighted by Gasteiger charge is -2.12. The van der Waals surface area contributed by atoms with Crippen molar-refractivity contribution in [3.63, 3.8) is 0 Å². The maximum Gasteiger partial charge on any atom is 0.414 e. The lowest BCUT2D eigenvalue weighted by Crippen LogP contribution is -2.25. The van der Waals surface area contributed by atoms with Gasteiger partial charge in [0, 0.05) is 31.6 Å². The molecule has 0 unspecified atom stereocenters. The average molecular weight is 415 g/mol. The molecule has 0 saturated carbocycles. The summed E-state index contributed by atoms with van der Waals surface area (Å²) >= 11 is 0.954. The van der Waals surface area contributed by atoms with Crippen LogP contribution in [-0.4, -0.2) is 30.0 Å². The van der Waals surface area contributed by atoms with E-state index in [1.54, 1.807) is 51.4 Å². The van der Waals surface area contributed by atoms with Gasteiger partial charge in [0.05, 0.1) is 4.92 Å². The van der Waals surface area contributed by atoms with Crippen LogP contribution in [0.15, 0.2) is 56.6 Å².